The topological polar surface area (TPSA) is 24.9 Å². The number of pyridine rings is 1. The van der Waals surface area contributed by atoms with Crippen LogP contribution in [0, 0.1) is 0 Å². The second-order valence-corrected chi connectivity index (χ2v) is 5.23. The molecule has 0 saturated carbocycles. The Morgan fingerprint density at radius 3 is 3.06 bits per heavy atom. The molecule has 90 valence electrons. The largest absolute Gasteiger partial charge is 0.379 e. The number of halogens is 1. The Balaban J connectivity index is 1.95. The first kappa shape index (κ1) is 11.5. The molecule has 0 saturated heterocycles. The first-order valence-corrected chi connectivity index (χ1v) is 6.94. The van der Waals surface area contributed by atoms with E-state index in [1.807, 2.05) is 24.3 Å². The van der Waals surface area contributed by atoms with Crippen LogP contribution in [0.1, 0.15) is 5.56 Å². The molecule has 0 radical (unpaired) electrons. The van der Waals surface area contributed by atoms with Gasteiger partial charge in [-0.2, -0.15) is 11.3 Å². The predicted molar refractivity (Wildman–Crippen MR) is 78.4 cm³/mol. The van der Waals surface area contributed by atoms with E-state index in [0.717, 1.165) is 28.2 Å². The number of anilines is 1. The van der Waals surface area contributed by atoms with Crippen molar-refractivity contribution in [3.8, 4) is 0 Å². The molecule has 0 spiro atoms. The van der Waals surface area contributed by atoms with Gasteiger partial charge in [0, 0.05) is 23.2 Å². The molecule has 1 aromatic carbocycles. The van der Waals surface area contributed by atoms with Crippen molar-refractivity contribution >= 4 is 39.5 Å². The zero-order chi connectivity index (χ0) is 12.4. The summed E-state index contributed by atoms with van der Waals surface area (Å²) < 4.78 is 0. The molecular formula is C14H11ClN2S. The van der Waals surface area contributed by atoms with Gasteiger partial charge in [-0.05, 0) is 40.6 Å². The zero-order valence-corrected chi connectivity index (χ0v) is 11.1. The highest BCUT2D eigenvalue weighted by atomic mass is 35.5. The molecule has 1 N–H and O–H groups in total. The van der Waals surface area contributed by atoms with Crippen LogP contribution in [0.3, 0.4) is 0 Å². The van der Waals surface area contributed by atoms with Crippen molar-refractivity contribution in [3.63, 3.8) is 0 Å². The van der Waals surface area contributed by atoms with Crippen molar-refractivity contribution < 1.29 is 0 Å². The molecule has 4 heteroatoms. The van der Waals surface area contributed by atoms with E-state index in [1.165, 1.54) is 5.56 Å². The lowest BCUT2D eigenvalue weighted by atomic mass is 10.2. The number of benzene rings is 1. The molecule has 0 atom stereocenters. The second-order valence-electron chi connectivity index (χ2n) is 4.01. The van der Waals surface area contributed by atoms with E-state index in [9.17, 15) is 0 Å². The molecule has 0 aliphatic rings. The smallest absolute Gasteiger partial charge is 0.0934 e. The maximum absolute atomic E-state index is 6.12. The SMILES string of the molecule is Clc1cc(NCc2ccsc2)c2ncccc2c1. The molecule has 0 unspecified atom stereocenters. The van der Waals surface area contributed by atoms with Crippen LogP contribution in [0.25, 0.3) is 10.9 Å². The minimum Gasteiger partial charge on any atom is -0.379 e. The highest BCUT2D eigenvalue weighted by Gasteiger charge is 2.04. The number of aromatic nitrogens is 1. The van der Waals surface area contributed by atoms with Crippen LogP contribution in [0.4, 0.5) is 5.69 Å². The summed E-state index contributed by atoms with van der Waals surface area (Å²) in [6.45, 7) is 0.787. The highest BCUT2D eigenvalue weighted by molar-refractivity contribution is 7.07. The van der Waals surface area contributed by atoms with Crippen molar-refractivity contribution in [1.82, 2.24) is 4.98 Å². The molecule has 0 aliphatic carbocycles. The summed E-state index contributed by atoms with van der Waals surface area (Å²) in [5.41, 5.74) is 3.20. The number of nitrogens with zero attached hydrogens (tertiary/aromatic N) is 1. The van der Waals surface area contributed by atoms with Crippen LogP contribution in [-0.4, -0.2) is 4.98 Å². The van der Waals surface area contributed by atoms with E-state index in [-0.39, 0.29) is 0 Å². The summed E-state index contributed by atoms with van der Waals surface area (Å²) in [4.78, 5) is 4.40. The Kier molecular flexibility index (Phi) is 3.17. The molecule has 2 aromatic heterocycles. The van der Waals surface area contributed by atoms with E-state index in [4.69, 9.17) is 11.6 Å². The van der Waals surface area contributed by atoms with Gasteiger partial charge >= 0.3 is 0 Å². The quantitative estimate of drug-likeness (QED) is 0.757. The number of fused-ring (bicyclic) bond motifs is 1. The maximum atomic E-state index is 6.12. The lowest BCUT2D eigenvalue weighted by Gasteiger charge is -2.09. The van der Waals surface area contributed by atoms with Crippen LogP contribution in [0.2, 0.25) is 5.02 Å². The third-order valence-corrected chi connectivity index (χ3v) is 3.68. The standard InChI is InChI=1S/C14H11ClN2S/c15-12-6-11-2-1-4-16-14(11)13(7-12)17-8-10-3-5-18-9-10/h1-7,9,17H,8H2. The minimum absolute atomic E-state index is 0.725. The van der Waals surface area contributed by atoms with Crippen LogP contribution in [-0.2, 0) is 6.54 Å². The molecule has 3 rings (SSSR count). The first-order valence-electron chi connectivity index (χ1n) is 5.62. The maximum Gasteiger partial charge on any atom is 0.0934 e. The molecule has 2 heterocycles. The number of thiophene rings is 1. The summed E-state index contributed by atoms with van der Waals surface area (Å²) in [6, 6.07) is 9.89. The third kappa shape index (κ3) is 2.33. The van der Waals surface area contributed by atoms with Gasteiger partial charge in [0.05, 0.1) is 11.2 Å². The fourth-order valence-electron chi connectivity index (χ4n) is 1.88. The van der Waals surface area contributed by atoms with Gasteiger partial charge in [-0.25, -0.2) is 0 Å². The van der Waals surface area contributed by atoms with Crippen LogP contribution < -0.4 is 5.32 Å². The van der Waals surface area contributed by atoms with E-state index in [2.05, 4.69) is 27.1 Å². The van der Waals surface area contributed by atoms with Gasteiger partial charge in [-0.3, -0.25) is 4.98 Å². The Morgan fingerprint density at radius 2 is 2.22 bits per heavy atom. The number of hydrogen-bond donors (Lipinski definition) is 1. The van der Waals surface area contributed by atoms with Crippen LogP contribution in [0.5, 0.6) is 0 Å². The van der Waals surface area contributed by atoms with Crippen molar-refractivity contribution in [2.75, 3.05) is 5.32 Å². The average molecular weight is 275 g/mol. The van der Waals surface area contributed by atoms with Crippen molar-refractivity contribution in [1.29, 1.82) is 0 Å². The molecule has 0 amide bonds. The van der Waals surface area contributed by atoms with Gasteiger partial charge in [0.25, 0.3) is 0 Å². The number of nitrogens with one attached hydrogen (secondary N) is 1. The van der Waals surface area contributed by atoms with E-state index in [1.54, 1.807) is 17.5 Å². The van der Waals surface area contributed by atoms with Crippen molar-refractivity contribution in [3.05, 3.63) is 57.9 Å². The van der Waals surface area contributed by atoms with Gasteiger partial charge in [0.15, 0.2) is 0 Å². The monoisotopic (exact) mass is 274 g/mol. The molecule has 0 fully saturated rings. The van der Waals surface area contributed by atoms with Crippen LogP contribution >= 0.6 is 22.9 Å². The first-order chi connectivity index (χ1) is 8.83. The van der Waals surface area contributed by atoms with Crippen molar-refractivity contribution in [2.24, 2.45) is 0 Å². The van der Waals surface area contributed by atoms with Gasteiger partial charge in [0.1, 0.15) is 0 Å². The molecule has 3 aromatic rings. The summed E-state index contributed by atoms with van der Waals surface area (Å²) in [6.07, 6.45) is 1.80. The van der Waals surface area contributed by atoms with E-state index in [0.29, 0.717) is 0 Å². The molecule has 18 heavy (non-hydrogen) atoms. The Hall–Kier alpha value is -1.58. The van der Waals surface area contributed by atoms with Gasteiger partial charge in [0.2, 0.25) is 0 Å². The molecule has 0 aliphatic heterocycles. The summed E-state index contributed by atoms with van der Waals surface area (Å²) in [7, 11) is 0. The third-order valence-electron chi connectivity index (χ3n) is 2.73. The lowest BCUT2D eigenvalue weighted by molar-refractivity contribution is 1.17. The summed E-state index contributed by atoms with van der Waals surface area (Å²) >= 11 is 7.82. The van der Waals surface area contributed by atoms with E-state index >= 15 is 0 Å². The summed E-state index contributed by atoms with van der Waals surface area (Å²) in [5, 5.41) is 9.38. The van der Waals surface area contributed by atoms with Gasteiger partial charge < -0.3 is 5.32 Å². The Bertz CT molecular complexity index is 665. The van der Waals surface area contributed by atoms with Gasteiger partial charge in [-0.1, -0.05) is 17.7 Å². The second kappa shape index (κ2) is 4.96. The average Bonchev–Trinajstić information content (AvgIpc) is 2.89. The molecular weight excluding hydrogens is 264 g/mol. The minimum atomic E-state index is 0.725. The summed E-state index contributed by atoms with van der Waals surface area (Å²) in [5.74, 6) is 0. The Morgan fingerprint density at radius 1 is 1.28 bits per heavy atom. The molecule has 0 bridgehead atoms. The number of hydrogen-bond acceptors (Lipinski definition) is 3. The molecule has 2 nitrogen and oxygen atoms in total. The lowest BCUT2D eigenvalue weighted by Crippen LogP contribution is -1.99. The highest BCUT2D eigenvalue weighted by Crippen LogP contribution is 2.26. The van der Waals surface area contributed by atoms with Gasteiger partial charge in [-0.15, -0.1) is 0 Å². The predicted octanol–water partition coefficient (Wildman–Crippen LogP) is 4.56. The van der Waals surface area contributed by atoms with E-state index < -0.39 is 0 Å². The normalized spacial score (nSPS) is 10.7. The van der Waals surface area contributed by atoms with Crippen LogP contribution in [0.15, 0.2) is 47.3 Å². The Labute approximate surface area is 114 Å². The fourth-order valence-corrected chi connectivity index (χ4v) is 2.78. The zero-order valence-electron chi connectivity index (χ0n) is 9.56. The fraction of sp³-hybridized carbons (Fsp3) is 0.0714. The van der Waals surface area contributed by atoms with Crippen molar-refractivity contribution in [2.45, 2.75) is 6.54 Å². The number of rotatable bonds is 3.